The molecular weight excluding hydrogens is 296 g/mol. The molecule has 0 unspecified atom stereocenters. The van der Waals surface area contributed by atoms with Crippen LogP contribution < -0.4 is 4.74 Å². The van der Waals surface area contributed by atoms with Gasteiger partial charge in [-0.15, -0.1) is 0 Å². The van der Waals surface area contributed by atoms with Crippen molar-refractivity contribution in [2.45, 2.75) is 0 Å². The fourth-order valence-electron chi connectivity index (χ4n) is 0.978. The molecule has 0 atom stereocenters. The van der Waals surface area contributed by atoms with Crippen molar-refractivity contribution in [1.82, 2.24) is 9.97 Å². The van der Waals surface area contributed by atoms with E-state index in [4.69, 9.17) is 9.84 Å². The number of aromatic nitrogens is 2. The van der Waals surface area contributed by atoms with Crippen molar-refractivity contribution in [2.24, 2.45) is 0 Å². The Hall–Kier alpha value is -1.47. The molecule has 2 rings (SSSR count). The average Bonchev–Trinajstić information content (AvgIpc) is 2.64. The highest BCUT2D eigenvalue weighted by Gasteiger charge is 2.07. The lowest BCUT2D eigenvalue weighted by molar-refractivity contribution is 0.0696. The Balaban J connectivity index is 2.21. The van der Waals surface area contributed by atoms with E-state index in [1.807, 2.05) is 0 Å². The summed E-state index contributed by atoms with van der Waals surface area (Å²) in [6.45, 7) is 0. The molecule has 0 bridgehead atoms. The first-order valence-corrected chi connectivity index (χ1v) is 5.79. The van der Waals surface area contributed by atoms with Crippen LogP contribution in [0.4, 0.5) is 0 Å². The third kappa shape index (κ3) is 2.56. The molecule has 2 aromatic heterocycles. The molecule has 0 amide bonds. The predicted octanol–water partition coefficient (Wildman–Crippen LogP) is 2.79. The number of carbonyl (C=O) groups is 1. The molecule has 0 aliphatic heterocycles. The number of rotatable bonds is 3. The maximum absolute atomic E-state index is 10.7. The second kappa shape index (κ2) is 4.58. The zero-order valence-corrected chi connectivity index (χ0v) is 10.2. The molecule has 0 spiro atoms. The number of thiazole rings is 1. The van der Waals surface area contributed by atoms with Crippen molar-refractivity contribution < 1.29 is 14.6 Å². The van der Waals surface area contributed by atoms with Gasteiger partial charge in [-0.05, 0) is 22.0 Å². The third-order valence-corrected chi connectivity index (χ3v) is 3.05. The number of nitrogens with zero attached hydrogens (tertiary/aromatic N) is 2. The van der Waals surface area contributed by atoms with E-state index in [1.54, 1.807) is 5.38 Å². The molecule has 0 radical (unpaired) electrons. The van der Waals surface area contributed by atoms with Crippen molar-refractivity contribution >= 4 is 33.2 Å². The second-order valence-electron chi connectivity index (χ2n) is 2.75. The van der Waals surface area contributed by atoms with E-state index in [1.165, 1.54) is 29.8 Å². The van der Waals surface area contributed by atoms with Gasteiger partial charge in [-0.1, -0.05) is 11.3 Å². The topological polar surface area (TPSA) is 72.3 Å². The Morgan fingerprint density at radius 3 is 2.94 bits per heavy atom. The molecule has 0 saturated carbocycles. The van der Waals surface area contributed by atoms with Crippen LogP contribution >= 0.6 is 27.3 Å². The molecule has 7 heteroatoms. The Bertz CT molecular complexity index is 529. The number of carboxylic acids is 1. The van der Waals surface area contributed by atoms with Gasteiger partial charge in [0, 0.05) is 11.6 Å². The van der Waals surface area contributed by atoms with Crippen molar-refractivity contribution in [3.8, 4) is 10.9 Å². The Morgan fingerprint density at radius 2 is 2.31 bits per heavy atom. The molecule has 2 aromatic rings. The van der Waals surface area contributed by atoms with Crippen LogP contribution in [0, 0.1) is 0 Å². The number of halogens is 1. The molecule has 1 N–H and O–H groups in total. The van der Waals surface area contributed by atoms with E-state index in [0.29, 0.717) is 15.5 Å². The van der Waals surface area contributed by atoms with E-state index in [-0.39, 0.29) is 5.56 Å². The van der Waals surface area contributed by atoms with Crippen LogP contribution in [0.5, 0.6) is 10.9 Å². The van der Waals surface area contributed by atoms with Gasteiger partial charge in [0.1, 0.15) is 10.4 Å². The van der Waals surface area contributed by atoms with Crippen LogP contribution in [0.2, 0.25) is 0 Å². The minimum atomic E-state index is -1.04. The van der Waals surface area contributed by atoms with Crippen LogP contribution in [0.3, 0.4) is 0 Å². The van der Waals surface area contributed by atoms with Crippen molar-refractivity contribution in [2.75, 3.05) is 0 Å². The zero-order chi connectivity index (χ0) is 11.5. The molecular formula is C9H5BrN2O3S. The first-order valence-electron chi connectivity index (χ1n) is 4.12. The van der Waals surface area contributed by atoms with Gasteiger partial charge in [0.2, 0.25) is 0 Å². The van der Waals surface area contributed by atoms with Gasteiger partial charge in [-0.3, -0.25) is 4.98 Å². The predicted molar refractivity (Wildman–Crippen MR) is 61.1 cm³/mol. The van der Waals surface area contributed by atoms with E-state index < -0.39 is 5.97 Å². The number of hydrogen-bond acceptors (Lipinski definition) is 5. The molecule has 16 heavy (non-hydrogen) atoms. The van der Waals surface area contributed by atoms with Gasteiger partial charge >= 0.3 is 5.97 Å². The third-order valence-electron chi connectivity index (χ3n) is 1.62. The quantitative estimate of drug-likeness (QED) is 0.943. The zero-order valence-electron chi connectivity index (χ0n) is 7.75. The fraction of sp³-hybridized carbons (Fsp3) is 0. The molecule has 5 nitrogen and oxygen atoms in total. The van der Waals surface area contributed by atoms with Gasteiger partial charge < -0.3 is 9.84 Å². The number of pyridine rings is 1. The second-order valence-corrected chi connectivity index (χ2v) is 4.39. The maximum atomic E-state index is 10.7. The molecule has 0 saturated heterocycles. The highest BCUT2D eigenvalue weighted by molar-refractivity contribution is 9.10. The Labute approximate surface area is 103 Å². The molecule has 0 aromatic carbocycles. The molecule has 0 fully saturated rings. The number of carboxylic acid groups (broad SMARTS) is 1. The highest BCUT2D eigenvalue weighted by atomic mass is 79.9. The summed E-state index contributed by atoms with van der Waals surface area (Å²) in [4.78, 5) is 18.5. The first kappa shape index (κ1) is 11.0. The fourth-order valence-corrected chi connectivity index (χ4v) is 2.08. The highest BCUT2D eigenvalue weighted by Crippen LogP contribution is 2.27. The van der Waals surface area contributed by atoms with E-state index in [2.05, 4.69) is 25.9 Å². The minimum absolute atomic E-state index is 0.0770. The van der Waals surface area contributed by atoms with Gasteiger partial charge in [0.25, 0.3) is 5.19 Å². The summed E-state index contributed by atoms with van der Waals surface area (Å²) in [5.41, 5.74) is 0.0770. The van der Waals surface area contributed by atoms with Gasteiger partial charge in [0.05, 0.1) is 11.8 Å². The summed E-state index contributed by atoms with van der Waals surface area (Å²) in [5.74, 6) is -0.694. The summed E-state index contributed by atoms with van der Waals surface area (Å²) < 4.78 is 6.02. The van der Waals surface area contributed by atoms with Crippen molar-refractivity contribution in [3.05, 3.63) is 34.0 Å². The monoisotopic (exact) mass is 300 g/mol. The van der Waals surface area contributed by atoms with E-state index in [0.717, 1.165) is 0 Å². The van der Waals surface area contributed by atoms with Crippen LogP contribution in [0.1, 0.15) is 10.4 Å². The van der Waals surface area contributed by atoms with Gasteiger partial charge in [0.15, 0.2) is 0 Å². The summed E-state index contributed by atoms with van der Waals surface area (Å²) in [5, 5.41) is 11.0. The summed E-state index contributed by atoms with van der Waals surface area (Å²) in [6, 6.07) is 1.39. The van der Waals surface area contributed by atoms with Crippen LogP contribution in [-0.2, 0) is 0 Å². The standard InChI is InChI=1S/C9H5BrN2O3S/c10-7-4-16-9(12-7)15-6-1-5(8(13)14)2-11-3-6/h1-4H,(H,13,14). The Kier molecular flexibility index (Phi) is 3.16. The van der Waals surface area contributed by atoms with Crippen LogP contribution in [-0.4, -0.2) is 21.0 Å². The molecule has 82 valence electrons. The molecule has 0 aliphatic rings. The largest absolute Gasteiger partial charge is 0.478 e. The van der Waals surface area contributed by atoms with Crippen LogP contribution in [0.25, 0.3) is 0 Å². The first-order chi connectivity index (χ1) is 7.65. The number of hydrogen-bond donors (Lipinski definition) is 1. The van der Waals surface area contributed by atoms with Gasteiger partial charge in [-0.2, -0.15) is 4.98 Å². The lowest BCUT2D eigenvalue weighted by Gasteiger charge is -2.01. The van der Waals surface area contributed by atoms with E-state index >= 15 is 0 Å². The maximum Gasteiger partial charge on any atom is 0.337 e. The van der Waals surface area contributed by atoms with Crippen LogP contribution in [0.15, 0.2) is 28.4 Å². The smallest absolute Gasteiger partial charge is 0.337 e. The molecule has 0 aliphatic carbocycles. The summed E-state index contributed by atoms with van der Waals surface area (Å²) in [6.07, 6.45) is 2.69. The Morgan fingerprint density at radius 1 is 1.50 bits per heavy atom. The SMILES string of the molecule is O=C(O)c1cncc(Oc2nc(Br)cs2)c1. The lowest BCUT2D eigenvalue weighted by Crippen LogP contribution is -1.97. The average molecular weight is 301 g/mol. The van der Waals surface area contributed by atoms with Crippen molar-refractivity contribution in [3.63, 3.8) is 0 Å². The van der Waals surface area contributed by atoms with Gasteiger partial charge in [-0.25, -0.2) is 4.79 Å². The summed E-state index contributed by atoms with van der Waals surface area (Å²) >= 11 is 4.50. The normalized spacial score (nSPS) is 10.1. The van der Waals surface area contributed by atoms with E-state index in [9.17, 15) is 4.79 Å². The minimum Gasteiger partial charge on any atom is -0.478 e. The lowest BCUT2D eigenvalue weighted by atomic mass is 10.3. The number of aromatic carboxylic acids is 1. The molecule has 2 heterocycles. The number of ether oxygens (including phenoxy) is 1. The summed E-state index contributed by atoms with van der Waals surface area (Å²) in [7, 11) is 0. The van der Waals surface area contributed by atoms with Crippen molar-refractivity contribution in [1.29, 1.82) is 0 Å².